The van der Waals surface area contributed by atoms with Crippen LogP contribution in [0.2, 0.25) is 0 Å². The van der Waals surface area contributed by atoms with Crippen LogP contribution in [-0.2, 0) is 17.8 Å². The Morgan fingerprint density at radius 1 is 0.941 bits per heavy atom. The molecule has 4 aromatic rings. The van der Waals surface area contributed by atoms with Gasteiger partial charge in [-0.05, 0) is 54.8 Å². The number of halogens is 1. The maximum Gasteiger partial charge on any atom is 0.261 e. The highest BCUT2D eigenvalue weighted by Gasteiger charge is 2.32. The average molecular weight is 514 g/mol. The number of aromatic nitrogens is 2. The molecule has 1 aromatic heterocycles. The third-order valence-electron chi connectivity index (χ3n) is 6.09. The standard InChI is InChI=1S/C28H24BrN3O2/c1-2-15-31-25-13-12-20(29)17-22(25)23(28(31)34)18-26-30-24-11-7-6-10-21(24)27(33)32(26)16-14-19-8-4-3-5-9-19/h3-13,17-18H,2,14-16H2,1H3/b23-18-. The van der Waals surface area contributed by atoms with Crippen molar-refractivity contribution < 1.29 is 4.79 Å². The van der Waals surface area contributed by atoms with E-state index in [2.05, 4.69) is 35.0 Å². The predicted molar refractivity (Wildman–Crippen MR) is 141 cm³/mol. The number of rotatable bonds is 6. The van der Waals surface area contributed by atoms with E-state index in [0.29, 0.717) is 41.8 Å². The third-order valence-corrected chi connectivity index (χ3v) is 6.59. The number of amides is 1. The SMILES string of the molecule is CCCN1C(=O)/C(=C\c2nc3ccccc3c(=O)n2CCc2ccccc2)c2cc(Br)ccc21. The van der Waals surface area contributed by atoms with Gasteiger partial charge in [-0.3, -0.25) is 14.2 Å². The van der Waals surface area contributed by atoms with E-state index in [-0.39, 0.29) is 11.5 Å². The van der Waals surface area contributed by atoms with E-state index in [1.54, 1.807) is 21.6 Å². The summed E-state index contributed by atoms with van der Waals surface area (Å²) in [7, 11) is 0. The zero-order valence-corrected chi connectivity index (χ0v) is 20.5. The van der Waals surface area contributed by atoms with Crippen molar-refractivity contribution in [3.63, 3.8) is 0 Å². The van der Waals surface area contributed by atoms with Crippen molar-refractivity contribution in [1.29, 1.82) is 0 Å². The van der Waals surface area contributed by atoms with Crippen LogP contribution in [0.5, 0.6) is 0 Å². The molecule has 0 N–H and O–H groups in total. The molecule has 0 spiro atoms. The number of hydrogen-bond donors (Lipinski definition) is 0. The minimum atomic E-state index is -0.0984. The molecule has 1 amide bonds. The van der Waals surface area contributed by atoms with Crippen LogP contribution in [0.4, 0.5) is 5.69 Å². The lowest BCUT2D eigenvalue weighted by Gasteiger charge is -2.15. The molecule has 0 bridgehead atoms. The van der Waals surface area contributed by atoms with Crippen LogP contribution >= 0.6 is 15.9 Å². The minimum absolute atomic E-state index is 0.0630. The lowest BCUT2D eigenvalue weighted by Crippen LogP contribution is -2.27. The van der Waals surface area contributed by atoms with E-state index in [0.717, 1.165) is 27.7 Å². The lowest BCUT2D eigenvalue weighted by atomic mass is 10.1. The highest BCUT2D eigenvalue weighted by molar-refractivity contribution is 9.10. The summed E-state index contributed by atoms with van der Waals surface area (Å²) in [6.45, 7) is 3.16. The number of carbonyl (C=O) groups excluding carboxylic acids is 1. The summed E-state index contributed by atoms with van der Waals surface area (Å²) in [6, 6.07) is 23.3. The summed E-state index contributed by atoms with van der Waals surface area (Å²) in [4.78, 5) is 33.5. The van der Waals surface area contributed by atoms with Gasteiger partial charge in [0.05, 0.1) is 22.2 Å². The molecule has 0 saturated carbocycles. The topological polar surface area (TPSA) is 55.2 Å². The highest BCUT2D eigenvalue weighted by Crippen LogP contribution is 2.39. The highest BCUT2D eigenvalue weighted by atomic mass is 79.9. The van der Waals surface area contributed by atoms with E-state index in [1.807, 2.05) is 54.6 Å². The Hall–Kier alpha value is -3.51. The third kappa shape index (κ3) is 4.10. The van der Waals surface area contributed by atoms with Crippen molar-refractivity contribution in [3.05, 3.63) is 105 Å². The summed E-state index contributed by atoms with van der Waals surface area (Å²) >= 11 is 3.54. The van der Waals surface area contributed by atoms with Gasteiger partial charge in [0.1, 0.15) is 5.82 Å². The fourth-order valence-corrected chi connectivity index (χ4v) is 4.80. The summed E-state index contributed by atoms with van der Waals surface area (Å²) in [5, 5.41) is 0.575. The Morgan fingerprint density at radius 2 is 1.71 bits per heavy atom. The van der Waals surface area contributed by atoms with Crippen LogP contribution in [0.25, 0.3) is 22.6 Å². The van der Waals surface area contributed by atoms with Gasteiger partial charge in [0.2, 0.25) is 0 Å². The normalized spacial score (nSPS) is 14.2. The van der Waals surface area contributed by atoms with E-state index < -0.39 is 0 Å². The van der Waals surface area contributed by atoms with Crippen LogP contribution in [0, 0.1) is 0 Å². The van der Waals surface area contributed by atoms with Gasteiger partial charge in [-0.1, -0.05) is 65.3 Å². The molecular weight excluding hydrogens is 490 g/mol. The van der Waals surface area contributed by atoms with Gasteiger partial charge in [0.15, 0.2) is 0 Å². The summed E-state index contributed by atoms with van der Waals surface area (Å²) < 4.78 is 2.59. The second-order valence-corrected chi connectivity index (χ2v) is 9.27. The molecule has 3 aromatic carbocycles. The van der Waals surface area contributed by atoms with Gasteiger partial charge in [-0.2, -0.15) is 0 Å². The molecule has 5 rings (SSSR count). The molecule has 2 heterocycles. The predicted octanol–water partition coefficient (Wildman–Crippen LogP) is 5.70. The first-order valence-corrected chi connectivity index (χ1v) is 12.2. The molecule has 0 unspecified atom stereocenters. The second kappa shape index (κ2) is 9.39. The molecule has 0 aliphatic carbocycles. The number of hydrogen-bond acceptors (Lipinski definition) is 3. The molecule has 0 saturated heterocycles. The van der Waals surface area contributed by atoms with Crippen molar-refractivity contribution >= 4 is 50.1 Å². The lowest BCUT2D eigenvalue weighted by molar-refractivity contribution is -0.113. The Labute approximate surface area is 206 Å². The van der Waals surface area contributed by atoms with Crippen molar-refractivity contribution in [2.45, 2.75) is 26.3 Å². The van der Waals surface area contributed by atoms with Gasteiger partial charge in [0, 0.05) is 23.1 Å². The summed E-state index contributed by atoms with van der Waals surface area (Å²) in [5.74, 6) is 0.430. The molecule has 0 atom stereocenters. The van der Waals surface area contributed by atoms with Gasteiger partial charge < -0.3 is 4.90 Å². The number of benzene rings is 3. The monoisotopic (exact) mass is 513 g/mol. The van der Waals surface area contributed by atoms with Gasteiger partial charge in [-0.25, -0.2) is 4.98 Å². The fourth-order valence-electron chi connectivity index (χ4n) is 4.44. The molecule has 6 heteroatoms. The number of para-hydroxylation sites is 1. The number of anilines is 1. The first-order chi connectivity index (χ1) is 16.6. The van der Waals surface area contributed by atoms with Crippen LogP contribution in [0.3, 0.4) is 0 Å². The van der Waals surface area contributed by atoms with Crippen LogP contribution in [0.15, 0.2) is 82.1 Å². The fraction of sp³-hybridized carbons (Fsp3) is 0.179. The van der Waals surface area contributed by atoms with Crippen LogP contribution in [0.1, 0.15) is 30.3 Å². The molecule has 0 fully saturated rings. The molecule has 34 heavy (non-hydrogen) atoms. The molecule has 1 aliphatic heterocycles. The Morgan fingerprint density at radius 3 is 2.50 bits per heavy atom. The molecule has 0 radical (unpaired) electrons. The van der Waals surface area contributed by atoms with Gasteiger partial charge in [-0.15, -0.1) is 0 Å². The number of carbonyl (C=O) groups is 1. The average Bonchev–Trinajstić information content (AvgIpc) is 3.10. The second-order valence-electron chi connectivity index (χ2n) is 8.36. The Kier molecular flexibility index (Phi) is 6.16. The van der Waals surface area contributed by atoms with Gasteiger partial charge in [0.25, 0.3) is 11.5 Å². The maximum absolute atomic E-state index is 13.5. The first kappa shape index (κ1) is 22.3. The zero-order valence-electron chi connectivity index (χ0n) is 18.9. The first-order valence-electron chi connectivity index (χ1n) is 11.4. The van der Waals surface area contributed by atoms with Crippen molar-refractivity contribution in [1.82, 2.24) is 9.55 Å². The van der Waals surface area contributed by atoms with Crippen LogP contribution in [-0.4, -0.2) is 22.0 Å². The van der Waals surface area contributed by atoms with E-state index in [4.69, 9.17) is 4.98 Å². The number of aryl methyl sites for hydroxylation is 1. The van der Waals surface area contributed by atoms with Crippen molar-refractivity contribution in [2.24, 2.45) is 0 Å². The van der Waals surface area contributed by atoms with Crippen molar-refractivity contribution in [2.75, 3.05) is 11.4 Å². The maximum atomic E-state index is 13.5. The smallest absolute Gasteiger partial charge is 0.261 e. The zero-order chi connectivity index (χ0) is 23.7. The summed E-state index contributed by atoms with van der Waals surface area (Å²) in [5.41, 5.74) is 3.96. The van der Waals surface area contributed by atoms with Crippen molar-refractivity contribution in [3.8, 4) is 0 Å². The molecular formula is C28H24BrN3O2. The molecule has 170 valence electrons. The van der Waals surface area contributed by atoms with E-state index in [9.17, 15) is 9.59 Å². The van der Waals surface area contributed by atoms with E-state index in [1.165, 1.54) is 0 Å². The molecule has 1 aliphatic rings. The van der Waals surface area contributed by atoms with Gasteiger partial charge >= 0.3 is 0 Å². The number of fused-ring (bicyclic) bond motifs is 2. The molecule has 5 nitrogen and oxygen atoms in total. The Bertz CT molecular complexity index is 1470. The minimum Gasteiger partial charge on any atom is -0.308 e. The van der Waals surface area contributed by atoms with E-state index >= 15 is 0 Å². The van der Waals surface area contributed by atoms with Crippen LogP contribution < -0.4 is 10.5 Å². The quantitative estimate of drug-likeness (QED) is 0.311. The number of nitrogens with zero attached hydrogens (tertiary/aromatic N) is 3. The Balaban J connectivity index is 1.66. The summed E-state index contributed by atoms with van der Waals surface area (Å²) in [6.07, 6.45) is 3.32. The largest absolute Gasteiger partial charge is 0.308 e.